The second-order valence-electron chi connectivity index (χ2n) is 3.99. The number of aryl methyl sites for hydroxylation is 1. The predicted octanol–water partition coefficient (Wildman–Crippen LogP) is 3.58. The lowest BCUT2D eigenvalue weighted by molar-refractivity contribution is 0.797. The summed E-state index contributed by atoms with van der Waals surface area (Å²) in [6.07, 6.45) is 0. The summed E-state index contributed by atoms with van der Waals surface area (Å²) in [4.78, 5) is 3.20. The average Bonchev–Trinajstić information content (AvgIpc) is 2.43. The lowest BCUT2D eigenvalue weighted by Gasteiger charge is -2.03. The molecule has 1 aromatic heterocycles. The third-order valence-electron chi connectivity index (χ3n) is 2.36. The van der Waals surface area contributed by atoms with E-state index >= 15 is 0 Å². The molecule has 2 rings (SSSR count). The smallest absolute Gasteiger partial charge is 0.178 e. The second-order valence-corrected chi connectivity index (χ2v) is 4.38. The molecular weight excluding hydrogens is 204 g/mol. The van der Waals surface area contributed by atoms with E-state index in [1.807, 2.05) is 6.92 Å². The highest BCUT2D eigenvalue weighted by Crippen LogP contribution is 2.16. The van der Waals surface area contributed by atoms with Gasteiger partial charge >= 0.3 is 0 Å². The van der Waals surface area contributed by atoms with E-state index in [1.54, 1.807) is 0 Å². The van der Waals surface area contributed by atoms with Crippen molar-refractivity contribution in [1.82, 2.24) is 9.55 Å². The zero-order valence-corrected chi connectivity index (χ0v) is 9.82. The highest BCUT2D eigenvalue weighted by Gasteiger charge is 2.03. The van der Waals surface area contributed by atoms with Gasteiger partial charge in [0.2, 0.25) is 0 Å². The Bertz CT molecular complexity index is 575. The number of imidazole rings is 1. The number of nitrogens with zero attached hydrogens (tertiary/aromatic N) is 1. The van der Waals surface area contributed by atoms with Crippen LogP contribution in [0, 0.1) is 11.7 Å². The monoisotopic (exact) mass is 218 g/mol. The normalized spacial score (nSPS) is 10.8. The molecule has 0 aliphatic carbocycles. The van der Waals surface area contributed by atoms with Crippen LogP contribution in [0.4, 0.5) is 0 Å². The van der Waals surface area contributed by atoms with Crippen LogP contribution in [0.15, 0.2) is 30.4 Å². The van der Waals surface area contributed by atoms with Gasteiger partial charge in [0.05, 0.1) is 11.0 Å². The van der Waals surface area contributed by atoms with Gasteiger partial charge in [0.15, 0.2) is 4.77 Å². The molecule has 0 radical (unpaired) electrons. The standard InChI is InChI=1S/C12H14N2S/c1-8(2)7-14-11-6-9(3)4-5-10(11)13-12(14)15/h4-6H,1,7H2,2-3H3,(H,13,15). The van der Waals surface area contributed by atoms with E-state index in [4.69, 9.17) is 12.2 Å². The number of nitrogens with one attached hydrogen (secondary N) is 1. The quantitative estimate of drug-likeness (QED) is 0.603. The first-order valence-corrected chi connectivity index (χ1v) is 5.32. The topological polar surface area (TPSA) is 20.7 Å². The molecule has 0 amide bonds. The van der Waals surface area contributed by atoms with Crippen molar-refractivity contribution in [2.45, 2.75) is 20.4 Å². The summed E-state index contributed by atoms with van der Waals surface area (Å²) in [6, 6.07) is 6.29. The molecule has 0 fully saturated rings. The minimum Gasteiger partial charge on any atom is -0.331 e. The second kappa shape index (κ2) is 3.66. The third kappa shape index (κ3) is 1.88. The number of hydrogen-bond acceptors (Lipinski definition) is 1. The fraction of sp³-hybridized carbons (Fsp3) is 0.250. The van der Waals surface area contributed by atoms with Crippen molar-refractivity contribution in [3.8, 4) is 0 Å². The van der Waals surface area contributed by atoms with Crippen LogP contribution >= 0.6 is 12.2 Å². The number of H-pyrrole nitrogens is 1. The number of aromatic amines is 1. The van der Waals surface area contributed by atoms with E-state index in [2.05, 4.69) is 41.3 Å². The summed E-state index contributed by atoms with van der Waals surface area (Å²) in [5.74, 6) is 0. The van der Waals surface area contributed by atoms with Gasteiger partial charge in [-0.25, -0.2) is 0 Å². The van der Waals surface area contributed by atoms with Crippen LogP contribution in [0.2, 0.25) is 0 Å². The molecule has 15 heavy (non-hydrogen) atoms. The molecule has 0 saturated heterocycles. The fourth-order valence-electron chi connectivity index (χ4n) is 1.69. The maximum Gasteiger partial charge on any atom is 0.178 e. The number of allylic oxidation sites excluding steroid dienone is 1. The molecule has 1 heterocycles. The summed E-state index contributed by atoms with van der Waals surface area (Å²) >= 11 is 5.28. The van der Waals surface area contributed by atoms with Gasteiger partial charge in [0.25, 0.3) is 0 Å². The largest absolute Gasteiger partial charge is 0.331 e. The lowest BCUT2D eigenvalue weighted by atomic mass is 10.2. The van der Waals surface area contributed by atoms with E-state index in [1.165, 1.54) is 5.56 Å². The summed E-state index contributed by atoms with van der Waals surface area (Å²) in [5, 5.41) is 0. The molecule has 0 aliphatic rings. The molecule has 2 nitrogen and oxygen atoms in total. The molecule has 0 saturated carbocycles. The van der Waals surface area contributed by atoms with Crippen LogP contribution in [0.1, 0.15) is 12.5 Å². The molecule has 2 aromatic rings. The van der Waals surface area contributed by atoms with Crippen molar-refractivity contribution in [3.63, 3.8) is 0 Å². The van der Waals surface area contributed by atoms with Crippen molar-refractivity contribution in [2.75, 3.05) is 0 Å². The van der Waals surface area contributed by atoms with E-state index < -0.39 is 0 Å². The maximum atomic E-state index is 5.28. The van der Waals surface area contributed by atoms with Gasteiger partial charge in [-0.05, 0) is 43.8 Å². The summed E-state index contributed by atoms with van der Waals surface area (Å²) in [7, 11) is 0. The van der Waals surface area contributed by atoms with Gasteiger partial charge in [-0.1, -0.05) is 18.2 Å². The minimum absolute atomic E-state index is 0.763. The first kappa shape index (κ1) is 10.2. The molecule has 0 unspecified atom stereocenters. The van der Waals surface area contributed by atoms with Crippen LogP contribution in [-0.2, 0) is 6.54 Å². The van der Waals surface area contributed by atoms with E-state index in [-0.39, 0.29) is 0 Å². The first-order valence-electron chi connectivity index (χ1n) is 4.91. The van der Waals surface area contributed by atoms with Crippen molar-refractivity contribution >= 4 is 23.3 Å². The van der Waals surface area contributed by atoms with Crippen molar-refractivity contribution in [2.24, 2.45) is 0 Å². The summed E-state index contributed by atoms with van der Waals surface area (Å²) in [5.41, 5.74) is 4.59. The van der Waals surface area contributed by atoms with Gasteiger partial charge in [0, 0.05) is 6.54 Å². The van der Waals surface area contributed by atoms with Gasteiger partial charge in [-0.2, -0.15) is 0 Å². The van der Waals surface area contributed by atoms with Crippen LogP contribution in [-0.4, -0.2) is 9.55 Å². The van der Waals surface area contributed by atoms with Crippen LogP contribution < -0.4 is 0 Å². The van der Waals surface area contributed by atoms with Gasteiger partial charge in [-0.15, -0.1) is 0 Å². The number of fused-ring (bicyclic) bond motifs is 1. The Hall–Kier alpha value is -1.35. The van der Waals surface area contributed by atoms with Crippen molar-refractivity contribution < 1.29 is 0 Å². The highest BCUT2D eigenvalue weighted by atomic mass is 32.1. The van der Waals surface area contributed by atoms with E-state index in [0.717, 1.165) is 27.9 Å². The fourth-order valence-corrected chi connectivity index (χ4v) is 1.96. The zero-order valence-electron chi connectivity index (χ0n) is 9.00. The summed E-state index contributed by atoms with van der Waals surface area (Å²) < 4.78 is 2.85. The maximum absolute atomic E-state index is 5.28. The number of rotatable bonds is 2. The Morgan fingerprint density at radius 2 is 2.27 bits per heavy atom. The third-order valence-corrected chi connectivity index (χ3v) is 2.68. The Morgan fingerprint density at radius 1 is 1.53 bits per heavy atom. The highest BCUT2D eigenvalue weighted by molar-refractivity contribution is 7.71. The van der Waals surface area contributed by atoms with Gasteiger partial charge < -0.3 is 9.55 Å². The summed E-state index contributed by atoms with van der Waals surface area (Å²) in [6.45, 7) is 8.79. The molecule has 1 N–H and O–H groups in total. The van der Waals surface area contributed by atoms with Crippen LogP contribution in [0.5, 0.6) is 0 Å². The van der Waals surface area contributed by atoms with Crippen LogP contribution in [0.3, 0.4) is 0 Å². The SMILES string of the molecule is C=C(C)Cn1c(=S)[nH]c2ccc(C)cc21. The van der Waals surface area contributed by atoms with Crippen molar-refractivity contribution in [3.05, 3.63) is 40.7 Å². The molecule has 0 atom stereocenters. The number of aromatic nitrogens is 2. The zero-order chi connectivity index (χ0) is 11.0. The molecule has 3 heteroatoms. The lowest BCUT2D eigenvalue weighted by Crippen LogP contribution is -1.98. The molecular formula is C12H14N2S. The Balaban J connectivity index is 2.70. The van der Waals surface area contributed by atoms with Crippen LogP contribution in [0.25, 0.3) is 11.0 Å². The number of hydrogen-bond donors (Lipinski definition) is 1. The van der Waals surface area contributed by atoms with Crippen molar-refractivity contribution in [1.29, 1.82) is 0 Å². The Kier molecular flexibility index (Phi) is 2.49. The predicted molar refractivity (Wildman–Crippen MR) is 66.7 cm³/mol. The average molecular weight is 218 g/mol. The molecule has 0 spiro atoms. The molecule has 78 valence electrons. The van der Waals surface area contributed by atoms with E-state index in [0.29, 0.717) is 0 Å². The Morgan fingerprint density at radius 3 is 2.93 bits per heavy atom. The minimum atomic E-state index is 0.763. The van der Waals surface area contributed by atoms with Gasteiger partial charge in [0.1, 0.15) is 0 Å². The molecule has 1 aromatic carbocycles. The van der Waals surface area contributed by atoms with Gasteiger partial charge in [-0.3, -0.25) is 0 Å². The van der Waals surface area contributed by atoms with E-state index in [9.17, 15) is 0 Å². The first-order chi connectivity index (χ1) is 7.08. The molecule has 0 aliphatic heterocycles. The molecule has 0 bridgehead atoms. The Labute approximate surface area is 94.2 Å². The number of benzene rings is 1.